The van der Waals surface area contributed by atoms with Crippen molar-refractivity contribution >= 4 is 23.8 Å². The molecular formula is C24H25F2N3O6. The molecule has 2 heterocycles. The minimum absolute atomic E-state index is 0.107. The maximum Gasteiger partial charge on any atom is 0.410 e. The number of nitrogens with zero attached hydrogens (tertiary/aromatic N) is 3. The largest absolute Gasteiger partial charge is 0.478 e. The molecule has 0 bridgehead atoms. The minimum atomic E-state index is -1.46. The zero-order valence-electron chi connectivity index (χ0n) is 19.5. The Kier molecular flexibility index (Phi) is 6.27. The van der Waals surface area contributed by atoms with Gasteiger partial charge in [0.25, 0.3) is 0 Å². The molecule has 1 atom stereocenters. The second-order valence-corrected chi connectivity index (χ2v) is 9.34. The van der Waals surface area contributed by atoms with E-state index in [2.05, 4.69) is 0 Å². The molecule has 186 valence electrons. The molecule has 2 aliphatic rings. The van der Waals surface area contributed by atoms with Crippen LogP contribution in [0, 0.1) is 11.6 Å². The average molecular weight is 489 g/mol. The number of benzene rings is 2. The van der Waals surface area contributed by atoms with Gasteiger partial charge >= 0.3 is 18.1 Å². The van der Waals surface area contributed by atoms with Crippen molar-refractivity contribution in [3.8, 4) is 11.5 Å². The van der Waals surface area contributed by atoms with Crippen LogP contribution in [0.3, 0.4) is 0 Å². The number of carbonyl (C=O) groups excluding carboxylic acids is 2. The van der Waals surface area contributed by atoms with Gasteiger partial charge in [-0.05, 0) is 57.2 Å². The van der Waals surface area contributed by atoms with Crippen LogP contribution in [-0.4, -0.2) is 70.8 Å². The summed E-state index contributed by atoms with van der Waals surface area (Å²) < 4.78 is 39.0. The number of ether oxygens (including phenoxy) is 2. The fraction of sp³-hybridized carbons (Fsp3) is 0.375. The van der Waals surface area contributed by atoms with Gasteiger partial charge in [-0.15, -0.1) is 0 Å². The summed E-state index contributed by atoms with van der Waals surface area (Å²) in [5.74, 6) is -4.37. The molecule has 1 N–H and O–H groups in total. The number of hydrogen-bond donors (Lipinski definition) is 1. The summed E-state index contributed by atoms with van der Waals surface area (Å²) in [4.78, 5) is 41.1. The van der Waals surface area contributed by atoms with Gasteiger partial charge in [0.05, 0.1) is 11.6 Å². The highest BCUT2D eigenvalue weighted by atomic mass is 19.1. The number of halogens is 2. The Morgan fingerprint density at radius 1 is 1.03 bits per heavy atom. The third-order valence-corrected chi connectivity index (χ3v) is 5.62. The standard InChI is InChI=1S/C24H25F2N3O6/c1-24(2,3)35-23(33)27-8-9-28-16(12-27)13-29(22(28)32)15-4-6-17(7-5-15)34-20-18(25)10-14(21(30)31)11-19(20)26/h4-7,10-11,16H,8-9,12-13H2,1-3H3,(H,30,31)/t16-/m0/s1. The molecule has 2 fully saturated rings. The van der Waals surface area contributed by atoms with Gasteiger partial charge in [0.1, 0.15) is 11.4 Å². The van der Waals surface area contributed by atoms with Crippen molar-refractivity contribution in [1.82, 2.24) is 9.80 Å². The Bertz CT molecular complexity index is 1140. The van der Waals surface area contributed by atoms with Crippen molar-refractivity contribution in [2.75, 3.05) is 31.1 Å². The minimum Gasteiger partial charge on any atom is -0.478 e. The molecule has 0 unspecified atom stereocenters. The Labute approximate surface area is 200 Å². The van der Waals surface area contributed by atoms with E-state index in [1.165, 1.54) is 12.1 Å². The van der Waals surface area contributed by atoms with Crippen LogP contribution in [0.15, 0.2) is 36.4 Å². The van der Waals surface area contributed by atoms with Gasteiger partial charge in [-0.3, -0.25) is 4.90 Å². The van der Waals surface area contributed by atoms with Gasteiger partial charge in [-0.1, -0.05) is 0 Å². The Hall–Kier alpha value is -3.89. The second-order valence-electron chi connectivity index (χ2n) is 9.34. The smallest absolute Gasteiger partial charge is 0.410 e. The van der Waals surface area contributed by atoms with Crippen molar-refractivity contribution < 1.29 is 37.7 Å². The lowest BCUT2D eigenvalue weighted by Crippen LogP contribution is -2.54. The lowest BCUT2D eigenvalue weighted by atomic mass is 10.2. The summed E-state index contributed by atoms with van der Waals surface area (Å²) in [5, 5.41) is 8.90. The molecule has 0 aliphatic carbocycles. The Morgan fingerprint density at radius 2 is 1.66 bits per heavy atom. The molecule has 2 aliphatic heterocycles. The number of carboxylic acid groups (broad SMARTS) is 1. The van der Waals surface area contributed by atoms with Crippen molar-refractivity contribution in [3.63, 3.8) is 0 Å². The highest BCUT2D eigenvalue weighted by Crippen LogP contribution is 2.32. The number of amides is 3. The van der Waals surface area contributed by atoms with Gasteiger partial charge in [0.15, 0.2) is 17.4 Å². The highest BCUT2D eigenvalue weighted by molar-refractivity contribution is 5.95. The fourth-order valence-corrected chi connectivity index (χ4v) is 4.01. The molecule has 0 aromatic heterocycles. The first kappa shape index (κ1) is 24.2. The highest BCUT2D eigenvalue weighted by Gasteiger charge is 2.42. The van der Waals surface area contributed by atoms with Crippen molar-refractivity contribution in [3.05, 3.63) is 53.6 Å². The summed E-state index contributed by atoms with van der Waals surface area (Å²) >= 11 is 0. The van der Waals surface area contributed by atoms with Crippen LogP contribution in [0.2, 0.25) is 0 Å². The molecule has 2 aromatic rings. The first-order valence-electron chi connectivity index (χ1n) is 11.0. The lowest BCUT2D eigenvalue weighted by molar-refractivity contribution is 0.0128. The van der Waals surface area contributed by atoms with Crippen LogP contribution in [0.1, 0.15) is 31.1 Å². The SMILES string of the molecule is CC(C)(C)OC(=O)N1CCN2C(=O)N(c3ccc(Oc4c(F)cc(C(=O)O)cc4F)cc3)C[C@@H]2C1. The van der Waals surface area contributed by atoms with Crippen LogP contribution in [0.25, 0.3) is 0 Å². The first-order valence-corrected chi connectivity index (χ1v) is 11.0. The van der Waals surface area contributed by atoms with E-state index < -0.39 is 40.6 Å². The van der Waals surface area contributed by atoms with Crippen molar-refractivity contribution in [2.45, 2.75) is 32.4 Å². The number of fused-ring (bicyclic) bond motifs is 1. The third-order valence-electron chi connectivity index (χ3n) is 5.62. The number of carboxylic acids is 1. The van der Waals surface area contributed by atoms with E-state index in [1.807, 2.05) is 0 Å². The maximum absolute atomic E-state index is 14.2. The summed E-state index contributed by atoms with van der Waals surface area (Å²) in [6, 6.07) is 7.03. The molecule has 35 heavy (non-hydrogen) atoms. The van der Waals surface area contributed by atoms with E-state index in [9.17, 15) is 23.2 Å². The number of piperazine rings is 1. The van der Waals surface area contributed by atoms with E-state index in [1.54, 1.807) is 47.6 Å². The number of carbonyl (C=O) groups is 3. The molecule has 0 spiro atoms. The van der Waals surface area contributed by atoms with E-state index in [0.29, 0.717) is 44.0 Å². The van der Waals surface area contributed by atoms with E-state index in [4.69, 9.17) is 14.6 Å². The number of hydrogen-bond acceptors (Lipinski definition) is 5. The molecule has 2 aromatic carbocycles. The maximum atomic E-state index is 14.2. The molecular weight excluding hydrogens is 464 g/mol. The summed E-state index contributed by atoms with van der Waals surface area (Å²) in [5.41, 5.74) is -0.584. The topological polar surface area (TPSA) is 99.6 Å². The molecule has 4 rings (SSSR count). The molecule has 9 nitrogen and oxygen atoms in total. The number of anilines is 1. The predicted octanol–water partition coefficient (Wildman–Crippen LogP) is 4.32. The fourth-order valence-electron chi connectivity index (χ4n) is 4.01. The van der Waals surface area contributed by atoms with Gasteiger partial charge < -0.3 is 24.4 Å². The van der Waals surface area contributed by atoms with E-state index in [-0.39, 0.29) is 17.8 Å². The Morgan fingerprint density at radius 3 is 2.23 bits per heavy atom. The summed E-state index contributed by atoms with van der Waals surface area (Å²) in [6.07, 6.45) is -0.416. The second kappa shape index (κ2) is 9.05. The van der Waals surface area contributed by atoms with Gasteiger partial charge in [-0.2, -0.15) is 0 Å². The molecule has 3 amide bonds. The van der Waals surface area contributed by atoms with E-state index in [0.717, 1.165) is 0 Å². The lowest BCUT2D eigenvalue weighted by Gasteiger charge is -2.36. The van der Waals surface area contributed by atoms with Crippen LogP contribution >= 0.6 is 0 Å². The number of aromatic carboxylic acids is 1. The van der Waals surface area contributed by atoms with Crippen LogP contribution < -0.4 is 9.64 Å². The third kappa shape index (κ3) is 5.13. The monoisotopic (exact) mass is 489 g/mol. The van der Waals surface area contributed by atoms with Crippen LogP contribution in [0.4, 0.5) is 24.1 Å². The molecule has 2 saturated heterocycles. The van der Waals surface area contributed by atoms with Gasteiger partial charge in [0, 0.05) is 31.9 Å². The van der Waals surface area contributed by atoms with Crippen molar-refractivity contribution in [1.29, 1.82) is 0 Å². The first-order chi connectivity index (χ1) is 16.4. The van der Waals surface area contributed by atoms with Crippen LogP contribution in [0.5, 0.6) is 11.5 Å². The zero-order chi connectivity index (χ0) is 25.5. The predicted molar refractivity (Wildman–Crippen MR) is 121 cm³/mol. The van der Waals surface area contributed by atoms with E-state index >= 15 is 0 Å². The van der Waals surface area contributed by atoms with Crippen molar-refractivity contribution in [2.24, 2.45) is 0 Å². The normalized spacial score (nSPS) is 17.9. The van der Waals surface area contributed by atoms with Gasteiger partial charge in [-0.25, -0.2) is 23.2 Å². The van der Waals surface area contributed by atoms with Gasteiger partial charge in [0.2, 0.25) is 0 Å². The number of urea groups is 1. The average Bonchev–Trinajstić information content (AvgIpc) is 3.11. The number of rotatable bonds is 4. The molecule has 0 radical (unpaired) electrons. The van der Waals surface area contributed by atoms with Crippen LogP contribution in [-0.2, 0) is 4.74 Å². The molecule has 0 saturated carbocycles. The quantitative estimate of drug-likeness (QED) is 0.687. The molecule has 11 heteroatoms. The summed E-state index contributed by atoms with van der Waals surface area (Å²) in [7, 11) is 0. The Balaban J connectivity index is 1.44. The summed E-state index contributed by atoms with van der Waals surface area (Å²) in [6.45, 7) is 6.85. The zero-order valence-corrected chi connectivity index (χ0v) is 19.5.